The fraction of sp³-hybridized carbons (Fsp3) is 0.0909. The van der Waals surface area contributed by atoms with Gasteiger partial charge in [0.25, 0.3) is 0 Å². The molecule has 3 nitrogen and oxygen atoms in total. The van der Waals surface area contributed by atoms with Crippen molar-refractivity contribution < 1.29 is 4.79 Å². The maximum absolute atomic E-state index is 10.8. The fourth-order valence-corrected chi connectivity index (χ4v) is 1.80. The molecule has 0 aliphatic rings. The van der Waals surface area contributed by atoms with Crippen molar-refractivity contribution in [1.29, 1.82) is 0 Å². The van der Waals surface area contributed by atoms with E-state index in [9.17, 15) is 4.79 Å². The van der Waals surface area contributed by atoms with Gasteiger partial charge in [-0.15, -0.1) is 0 Å². The van der Waals surface area contributed by atoms with Crippen LogP contribution >= 0.6 is 15.9 Å². The van der Waals surface area contributed by atoms with Gasteiger partial charge in [-0.25, -0.2) is 4.98 Å². The Morgan fingerprint density at radius 3 is 2.73 bits per heavy atom. The van der Waals surface area contributed by atoms with Crippen molar-refractivity contribution in [2.45, 2.75) is 6.54 Å². The Bertz CT molecular complexity index is 465. The van der Waals surface area contributed by atoms with Crippen LogP contribution in [0.1, 0.15) is 16.1 Å². The Hall–Kier alpha value is -1.42. The van der Waals surface area contributed by atoms with Crippen molar-refractivity contribution in [3.63, 3.8) is 0 Å². The first kappa shape index (κ1) is 10.1. The lowest BCUT2D eigenvalue weighted by atomic mass is 10.2. The minimum absolute atomic E-state index is 0.568. The van der Waals surface area contributed by atoms with E-state index in [0.717, 1.165) is 11.8 Å². The second kappa shape index (κ2) is 4.40. The Kier molecular flexibility index (Phi) is 2.97. The second-order valence-electron chi connectivity index (χ2n) is 3.15. The number of hydrogen-bond acceptors (Lipinski definition) is 2. The number of halogens is 1. The molecule has 0 aliphatic carbocycles. The predicted molar refractivity (Wildman–Crippen MR) is 60.9 cm³/mol. The Morgan fingerprint density at radius 2 is 2.07 bits per heavy atom. The number of carbonyl (C=O) groups excluding carboxylic acids is 1. The third-order valence-corrected chi connectivity index (χ3v) is 2.75. The lowest BCUT2D eigenvalue weighted by Gasteiger charge is -2.03. The van der Waals surface area contributed by atoms with Gasteiger partial charge in [0.15, 0.2) is 6.29 Å². The second-order valence-corrected chi connectivity index (χ2v) is 3.90. The molecule has 0 unspecified atom stereocenters. The van der Waals surface area contributed by atoms with Crippen LogP contribution in [-0.4, -0.2) is 15.8 Å². The molecule has 76 valence electrons. The zero-order chi connectivity index (χ0) is 10.7. The van der Waals surface area contributed by atoms with Crippen LogP contribution in [0.2, 0.25) is 0 Å². The fourth-order valence-electron chi connectivity index (χ4n) is 1.39. The predicted octanol–water partition coefficient (Wildman–Crippen LogP) is 2.51. The van der Waals surface area contributed by atoms with Crippen molar-refractivity contribution in [2.75, 3.05) is 0 Å². The number of benzene rings is 1. The molecule has 0 saturated heterocycles. The molecule has 0 radical (unpaired) electrons. The SMILES string of the molecule is O=Cc1c(Br)ncn1Cc1ccccc1. The molecule has 0 N–H and O–H groups in total. The van der Waals surface area contributed by atoms with Crippen LogP contribution in [0.15, 0.2) is 41.3 Å². The van der Waals surface area contributed by atoms with E-state index in [-0.39, 0.29) is 0 Å². The smallest absolute Gasteiger partial charge is 0.169 e. The van der Waals surface area contributed by atoms with Crippen LogP contribution in [0.4, 0.5) is 0 Å². The summed E-state index contributed by atoms with van der Waals surface area (Å²) in [6.07, 6.45) is 2.46. The Morgan fingerprint density at radius 1 is 1.33 bits per heavy atom. The maximum atomic E-state index is 10.8. The summed E-state index contributed by atoms with van der Waals surface area (Å²) in [5, 5.41) is 0. The molecule has 1 aromatic heterocycles. The summed E-state index contributed by atoms with van der Waals surface area (Å²) in [6.45, 7) is 0.660. The summed E-state index contributed by atoms with van der Waals surface area (Å²) in [7, 11) is 0. The summed E-state index contributed by atoms with van der Waals surface area (Å²) >= 11 is 3.23. The van der Waals surface area contributed by atoms with Crippen LogP contribution in [0.5, 0.6) is 0 Å². The van der Waals surface area contributed by atoms with Crippen molar-refractivity contribution in [3.05, 3.63) is 52.5 Å². The first-order chi connectivity index (χ1) is 7.31. The van der Waals surface area contributed by atoms with E-state index in [2.05, 4.69) is 20.9 Å². The number of aldehydes is 1. The van der Waals surface area contributed by atoms with Gasteiger partial charge in [-0.3, -0.25) is 4.79 Å². The van der Waals surface area contributed by atoms with Gasteiger partial charge >= 0.3 is 0 Å². The zero-order valence-corrected chi connectivity index (χ0v) is 9.52. The first-order valence-corrected chi connectivity index (χ1v) is 5.30. The van der Waals surface area contributed by atoms with E-state index < -0.39 is 0 Å². The van der Waals surface area contributed by atoms with E-state index >= 15 is 0 Å². The van der Waals surface area contributed by atoms with E-state index in [1.807, 2.05) is 34.9 Å². The van der Waals surface area contributed by atoms with Crippen molar-refractivity contribution in [3.8, 4) is 0 Å². The van der Waals surface area contributed by atoms with Crippen LogP contribution < -0.4 is 0 Å². The highest BCUT2D eigenvalue weighted by molar-refractivity contribution is 9.10. The topological polar surface area (TPSA) is 34.9 Å². The van der Waals surface area contributed by atoms with Gasteiger partial charge in [0, 0.05) is 6.54 Å². The van der Waals surface area contributed by atoms with E-state index in [4.69, 9.17) is 0 Å². The van der Waals surface area contributed by atoms with Crippen molar-refractivity contribution in [1.82, 2.24) is 9.55 Å². The van der Waals surface area contributed by atoms with Gasteiger partial charge < -0.3 is 4.57 Å². The lowest BCUT2D eigenvalue weighted by Crippen LogP contribution is -2.02. The number of imidazole rings is 1. The van der Waals surface area contributed by atoms with E-state index in [0.29, 0.717) is 16.8 Å². The summed E-state index contributed by atoms with van der Waals surface area (Å²) in [5.74, 6) is 0. The molecule has 4 heteroatoms. The first-order valence-electron chi connectivity index (χ1n) is 4.51. The molecule has 0 amide bonds. The van der Waals surface area contributed by atoms with Crippen LogP contribution in [-0.2, 0) is 6.54 Å². The molecular formula is C11H9BrN2O. The molecule has 2 aromatic rings. The number of aromatic nitrogens is 2. The minimum atomic E-state index is 0.568. The molecule has 1 heterocycles. The van der Waals surface area contributed by atoms with Crippen LogP contribution in [0, 0.1) is 0 Å². The molecule has 0 spiro atoms. The number of nitrogens with zero attached hydrogens (tertiary/aromatic N) is 2. The molecule has 0 bridgehead atoms. The highest BCUT2D eigenvalue weighted by Gasteiger charge is 2.07. The van der Waals surface area contributed by atoms with E-state index in [1.54, 1.807) is 6.33 Å². The number of rotatable bonds is 3. The summed E-state index contributed by atoms with van der Waals surface area (Å²) < 4.78 is 2.40. The molecule has 0 aliphatic heterocycles. The maximum Gasteiger partial charge on any atom is 0.169 e. The molecular weight excluding hydrogens is 256 g/mol. The van der Waals surface area contributed by atoms with Gasteiger partial charge in [-0.2, -0.15) is 0 Å². The lowest BCUT2D eigenvalue weighted by molar-refractivity contribution is 0.111. The molecule has 15 heavy (non-hydrogen) atoms. The van der Waals surface area contributed by atoms with Crippen molar-refractivity contribution in [2.24, 2.45) is 0 Å². The summed E-state index contributed by atoms with van der Waals surface area (Å²) in [4.78, 5) is 14.8. The highest BCUT2D eigenvalue weighted by Crippen LogP contribution is 2.13. The quantitative estimate of drug-likeness (QED) is 0.799. The van der Waals surface area contributed by atoms with Gasteiger partial charge in [0.05, 0.1) is 6.33 Å². The third kappa shape index (κ3) is 2.15. The monoisotopic (exact) mass is 264 g/mol. The molecule has 0 atom stereocenters. The van der Waals surface area contributed by atoms with Gasteiger partial charge in [0.1, 0.15) is 10.3 Å². The molecule has 0 fully saturated rings. The highest BCUT2D eigenvalue weighted by atomic mass is 79.9. The standard InChI is InChI=1S/C11H9BrN2O/c12-11-10(7-15)14(8-13-11)6-9-4-2-1-3-5-9/h1-5,7-8H,6H2. The minimum Gasteiger partial charge on any atom is -0.323 e. The molecule has 0 saturated carbocycles. The third-order valence-electron chi connectivity index (χ3n) is 2.14. The van der Waals surface area contributed by atoms with Crippen molar-refractivity contribution >= 4 is 22.2 Å². The zero-order valence-electron chi connectivity index (χ0n) is 7.93. The van der Waals surface area contributed by atoms with E-state index in [1.165, 1.54) is 0 Å². The Balaban J connectivity index is 2.28. The van der Waals surface area contributed by atoms with Gasteiger partial charge in [-0.05, 0) is 21.5 Å². The normalized spacial score (nSPS) is 10.2. The van der Waals surface area contributed by atoms with Gasteiger partial charge in [0.2, 0.25) is 0 Å². The average molecular weight is 265 g/mol. The van der Waals surface area contributed by atoms with Crippen LogP contribution in [0.25, 0.3) is 0 Å². The summed E-state index contributed by atoms with van der Waals surface area (Å²) in [6, 6.07) is 9.95. The molecule has 2 rings (SSSR count). The molecule has 1 aromatic carbocycles. The summed E-state index contributed by atoms with van der Waals surface area (Å²) in [5.41, 5.74) is 1.71. The largest absolute Gasteiger partial charge is 0.323 e. The van der Waals surface area contributed by atoms with Gasteiger partial charge in [-0.1, -0.05) is 30.3 Å². The average Bonchev–Trinajstić information content (AvgIpc) is 2.61. The Labute approximate surface area is 95.9 Å². The van der Waals surface area contributed by atoms with Crippen LogP contribution in [0.3, 0.4) is 0 Å². The number of hydrogen-bond donors (Lipinski definition) is 0. The number of carbonyl (C=O) groups is 1.